The summed E-state index contributed by atoms with van der Waals surface area (Å²) in [4.78, 5) is 10.7. The molecule has 0 N–H and O–H groups in total. The Morgan fingerprint density at radius 3 is 2.33 bits per heavy atom. The molecule has 1 saturated heterocycles. The van der Waals surface area contributed by atoms with Gasteiger partial charge in [0.1, 0.15) is 0 Å². The molecule has 0 saturated carbocycles. The molecule has 0 aliphatic carbocycles. The summed E-state index contributed by atoms with van der Waals surface area (Å²) < 4.78 is 65.0. The highest BCUT2D eigenvalue weighted by Crippen LogP contribution is 2.41. The Hall–Kier alpha value is -0.880. The lowest BCUT2D eigenvalue weighted by Crippen LogP contribution is -2.39. The highest BCUT2D eigenvalue weighted by atomic mass is 19.4. The Balaban J connectivity index is 2.57. The number of halogens is 5. The van der Waals surface area contributed by atoms with Crippen LogP contribution in [-0.2, 0) is 9.53 Å². The maximum absolute atomic E-state index is 12.6. The van der Waals surface area contributed by atoms with Crippen molar-refractivity contribution in [3.05, 3.63) is 0 Å². The van der Waals surface area contributed by atoms with Gasteiger partial charge >= 0.3 is 18.1 Å². The van der Waals surface area contributed by atoms with Gasteiger partial charge in [-0.05, 0) is 12.3 Å². The number of esters is 1. The van der Waals surface area contributed by atoms with Crippen molar-refractivity contribution in [2.75, 3.05) is 6.61 Å². The summed E-state index contributed by atoms with van der Waals surface area (Å²) in [6.07, 6.45) is -7.21. The first kappa shape index (κ1) is 12.2. The van der Waals surface area contributed by atoms with Crippen LogP contribution in [-0.4, -0.2) is 24.7 Å². The normalized spacial score (nSPS) is 23.8. The summed E-state index contributed by atoms with van der Waals surface area (Å²) >= 11 is 0. The first-order valence-electron chi connectivity index (χ1n) is 4.32. The lowest BCUT2D eigenvalue weighted by atomic mass is 9.92. The van der Waals surface area contributed by atoms with Crippen LogP contribution in [0.15, 0.2) is 0 Å². The molecule has 1 aliphatic heterocycles. The van der Waals surface area contributed by atoms with Crippen LogP contribution in [0, 0.1) is 5.92 Å². The fourth-order valence-electron chi connectivity index (χ4n) is 1.39. The molecule has 88 valence electrons. The van der Waals surface area contributed by atoms with Gasteiger partial charge in [0.25, 0.3) is 0 Å². The third-order valence-electron chi connectivity index (χ3n) is 2.20. The van der Waals surface area contributed by atoms with Crippen LogP contribution in [0.1, 0.15) is 19.3 Å². The molecule has 1 rings (SSSR count). The molecule has 1 heterocycles. The fourth-order valence-corrected chi connectivity index (χ4v) is 1.39. The molecule has 0 spiro atoms. The maximum atomic E-state index is 12.6. The quantitative estimate of drug-likeness (QED) is 0.540. The maximum Gasteiger partial charge on any atom is 0.453 e. The summed E-state index contributed by atoms with van der Waals surface area (Å²) in [5, 5.41) is 0. The third-order valence-corrected chi connectivity index (χ3v) is 2.20. The van der Waals surface area contributed by atoms with E-state index in [2.05, 4.69) is 4.74 Å². The molecule has 1 atom stereocenters. The Bertz CT molecular complexity index is 248. The summed E-state index contributed by atoms with van der Waals surface area (Å²) in [7, 11) is 0. The standard InChI is InChI=1S/C8H9F5O2/c9-7(10,8(11,12)13)4-5-1-2-15-6(14)3-5/h5H,1-4H2. The largest absolute Gasteiger partial charge is 0.466 e. The lowest BCUT2D eigenvalue weighted by molar-refractivity contribution is -0.288. The molecule has 1 fully saturated rings. The van der Waals surface area contributed by atoms with Crippen LogP contribution in [0.4, 0.5) is 22.0 Å². The van der Waals surface area contributed by atoms with Crippen molar-refractivity contribution in [1.29, 1.82) is 0 Å². The lowest BCUT2D eigenvalue weighted by Gasteiger charge is -2.26. The summed E-state index contributed by atoms with van der Waals surface area (Å²) in [6.45, 7) is -0.0859. The average molecular weight is 232 g/mol. The summed E-state index contributed by atoms with van der Waals surface area (Å²) in [5.41, 5.74) is 0. The van der Waals surface area contributed by atoms with Gasteiger partial charge in [0.2, 0.25) is 0 Å². The molecule has 0 aromatic carbocycles. The molecule has 2 nitrogen and oxygen atoms in total. The molecular formula is C8H9F5O2. The van der Waals surface area contributed by atoms with Crippen molar-refractivity contribution in [2.24, 2.45) is 5.92 Å². The minimum Gasteiger partial charge on any atom is -0.466 e. The van der Waals surface area contributed by atoms with Gasteiger partial charge in [0.15, 0.2) is 0 Å². The van der Waals surface area contributed by atoms with Crippen LogP contribution in [0.25, 0.3) is 0 Å². The van der Waals surface area contributed by atoms with E-state index < -0.39 is 30.4 Å². The van der Waals surface area contributed by atoms with Gasteiger partial charge < -0.3 is 4.74 Å². The van der Waals surface area contributed by atoms with E-state index in [1.54, 1.807) is 0 Å². The molecule has 0 radical (unpaired) electrons. The third kappa shape index (κ3) is 3.04. The number of carbonyl (C=O) groups excluding carboxylic acids is 1. The first-order chi connectivity index (χ1) is 6.72. The predicted molar refractivity (Wildman–Crippen MR) is 39.3 cm³/mol. The van der Waals surface area contributed by atoms with Gasteiger partial charge in [-0.25, -0.2) is 0 Å². The van der Waals surface area contributed by atoms with Crippen molar-refractivity contribution >= 4 is 5.97 Å². The van der Waals surface area contributed by atoms with Crippen LogP contribution in [0.2, 0.25) is 0 Å². The molecular weight excluding hydrogens is 223 g/mol. The second-order valence-corrected chi connectivity index (χ2v) is 3.49. The Morgan fingerprint density at radius 1 is 1.27 bits per heavy atom. The number of cyclic esters (lactones) is 1. The Kier molecular flexibility index (Phi) is 3.20. The van der Waals surface area contributed by atoms with E-state index in [-0.39, 0.29) is 19.4 Å². The predicted octanol–water partition coefficient (Wildman–Crippen LogP) is 2.53. The van der Waals surface area contributed by atoms with E-state index in [0.29, 0.717) is 0 Å². The molecule has 0 bridgehead atoms. The highest BCUT2D eigenvalue weighted by molar-refractivity contribution is 5.70. The molecule has 0 amide bonds. The molecule has 0 aromatic heterocycles. The second-order valence-electron chi connectivity index (χ2n) is 3.49. The number of hydrogen-bond donors (Lipinski definition) is 0. The molecule has 7 heteroatoms. The molecule has 15 heavy (non-hydrogen) atoms. The first-order valence-corrected chi connectivity index (χ1v) is 4.32. The van der Waals surface area contributed by atoms with Crippen LogP contribution < -0.4 is 0 Å². The molecule has 1 unspecified atom stereocenters. The van der Waals surface area contributed by atoms with E-state index in [0.717, 1.165) is 0 Å². The van der Waals surface area contributed by atoms with Gasteiger partial charge in [0, 0.05) is 12.8 Å². The second kappa shape index (κ2) is 3.94. The van der Waals surface area contributed by atoms with E-state index in [1.807, 2.05) is 0 Å². The van der Waals surface area contributed by atoms with Crippen molar-refractivity contribution in [2.45, 2.75) is 31.4 Å². The highest BCUT2D eigenvalue weighted by Gasteiger charge is 2.58. The van der Waals surface area contributed by atoms with Crippen molar-refractivity contribution in [3.63, 3.8) is 0 Å². The minimum absolute atomic E-state index is 0.0530. The van der Waals surface area contributed by atoms with Crippen LogP contribution in [0.3, 0.4) is 0 Å². The van der Waals surface area contributed by atoms with Crippen LogP contribution >= 0.6 is 0 Å². The zero-order valence-electron chi connectivity index (χ0n) is 7.61. The minimum atomic E-state index is -5.55. The van der Waals surface area contributed by atoms with E-state index in [4.69, 9.17) is 0 Å². The number of rotatable bonds is 2. The number of carbonyl (C=O) groups is 1. The average Bonchev–Trinajstić information content (AvgIpc) is 2.00. The van der Waals surface area contributed by atoms with Gasteiger partial charge in [-0.3, -0.25) is 4.79 Å². The monoisotopic (exact) mass is 232 g/mol. The number of alkyl halides is 5. The zero-order chi connectivity index (χ0) is 11.7. The van der Waals surface area contributed by atoms with Crippen molar-refractivity contribution < 1.29 is 31.5 Å². The van der Waals surface area contributed by atoms with Gasteiger partial charge in [-0.15, -0.1) is 0 Å². The fraction of sp³-hybridized carbons (Fsp3) is 0.875. The summed E-state index contributed by atoms with van der Waals surface area (Å²) in [5.74, 6) is -6.40. The van der Waals surface area contributed by atoms with E-state index in [1.165, 1.54) is 0 Å². The smallest absolute Gasteiger partial charge is 0.453 e. The van der Waals surface area contributed by atoms with E-state index >= 15 is 0 Å². The van der Waals surface area contributed by atoms with Gasteiger partial charge in [-0.2, -0.15) is 22.0 Å². The van der Waals surface area contributed by atoms with Crippen molar-refractivity contribution in [1.82, 2.24) is 0 Å². The SMILES string of the molecule is O=C1CC(CC(F)(F)C(F)(F)F)CCO1. The van der Waals surface area contributed by atoms with Crippen LogP contribution in [0.5, 0.6) is 0 Å². The zero-order valence-corrected chi connectivity index (χ0v) is 7.61. The molecule has 1 aliphatic rings. The molecule has 0 aromatic rings. The van der Waals surface area contributed by atoms with Gasteiger partial charge in [0.05, 0.1) is 6.61 Å². The van der Waals surface area contributed by atoms with Gasteiger partial charge in [-0.1, -0.05) is 0 Å². The van der Waals surface area contributed by atoms with E-state index in [9.17, 15) is 26.7 Å². The number of ether oxygens (including phenoxy) is 1. The van der Waals surface area contributed by atoms with Crippen molar-refractivity contribution in [3.8, 4) is 0 Å². The number of hydrogen-bond acceptors (Lipinski definition) is 2. The summed E-state index contributed by atoms with van der Waals surface area (Å²) in [6, 6.07) is 0. The topological polar surface area (TPSA) is 26.3 Å². The Labute approximate surface area is 82.4 Å². The Morgan fingerprint density at radius 2 is 1.87 bits per heavy atom.